The molecule has 0 aromatic heterocycles. The van der Waals surface area contributed by atoms with Crippen molar-refractivity contribution < 1.29 is 4.74 Å². The van der Waals surface area contributed by atoms with E-state index in [0.29, 0.717) is 6.04 Å². The SMILES string of the molecule is C1CNCCN1.COc1ccc(C2CNCCN2S[PH2]=S)cc1. The lowest BCUT2D eigenvalue weighted by molar-refractivity contribution is 0.298. The summed E-state index contributed by atoms with van der Waals surface area (Å²) in [5.41, 5.74) is 1.33. The molecule has 2 aliphatic heterocycles. The average molecular weight is 375 g/mol. The summed E-state index contributed by atoms with van der Waals surface area (Å²) >= 11 is 6.96. The smallest absolute Gasteiger partial charge is 0.118 e. The highest BCUT2D eigenvalue weighted by molar-refractivity contribution is 8.56. The maximum atomic E-state index is 5.18. The molecular weight excluding hydrogens is 347 g/mol. The van der Waals surface area contributed by atoms with Gasteiger partial charge in [0.05, 0.1) is 13.2 Å². The number of benzene rings is 1. The van der Waals surface area contributed by atoms with Crippen LogP contribution in [-0.2, 0) is 11.8 Å². The molecule has 1 aromatic carbocycles. The molecule has 5 nitrogen and oxygen atoms in total. The molecule has 3 rings (SSSR count). The minimum atomic E-state index is 0.0422. The lowest BCUT2D eigenvalue weighted by atomic mass is 10.1. The summed E-state index contributed by atoms with van der Waals surface area (Å²) in [7, 11) is 1.69. The average Bonchev–Trinajstić information content (AvgIpc) is 2.65. The van der Waals surface area contributed by atoms with Crippen LogP contribution in [0.15, 0.2) is 24.3 Å². The predicted molar refractivity (Wildman–Crippen MR) is 106 cm³/mol. The van der Waals surface area contributed by atoms with Crippen molar-refractivity contribution in [2.24, 2.45) is 0 Å². The molecule has 2 atom stereocenters. The van der Waals surface area contributed by atoms with Crippen LogP contribution in [-0.4, -0.2) is 57.2 Å². The number of nitrogens with one attached hydrogen (secondary N) is 3. The zero-order chi connectivity index (χ0) is 16.3. The van der Waals surface area contributed by atoms with Crippen LogP contribution < -0.4 is 20.7 Å². The summed E-state index contributed by atoms with van der Waals surface area (Å²) in [6.07, 6.45) is 0. The highest BCUT2D eigenvalue weighted by Crippen LogP contribution is 2.34. The molecule has 2 heterocycles. The van der Waals surface area contributed by atoms with Gasteiger partial charge in [0.15, 0.2) is 0 Å². The third kappa shape index (κ3) is 6.70. The second-order valence-electron chi connectivity index (χ2n) is 5.34. The first kappa shape index (κ1) is 19.2. The van der Waals surface area contributed by atoms with Gasteiger partial charge in [-0.15, -0.1) is 0 Å². The molecule has 3 N–H and O–H groups in total. The monoisotopic (exact) mass is 374 g/mol. The van der Waals surface area contributed by atoms with E-state index in [0.717, 1.165) is 51.6 Å². The van der Waals surface area contributed by atoms with E-state index in [1.54, 1.807) is 7.11 Å². The minimum absolute atomic E-state index is 0.0422. The van der Waals surface area contributed by atoms with Gasteiger partial charge in [-0.25, -0.2) is 4.31 Å². The zero-order valence-corrected chi connectivity index (χ0v) is 16.4. The zero-order valence-electron chi connectivity index (χ0n) is 13.6. The molecule has 2 fully saturated rings. The quantitative estimate of drug-likeness (QED) is 0.542. The maximum absolute atomic E-state index is 5.18. The highest BCUT2D eigenvalue weighted by Gasteiger charge is 2.23. The Kier molecular flexibility index (Phi) is 9.53. The number of nitrogens with zero attached hydrogens (tertiary/aromatic N) is 1. The van der Waals surface area contributed by atoms with E-state index in [9.17, 15) is 0 Å². The van der Waals surface area contributed by atoms with Crippen molar-refractivity contribution in [1.29, 1.82) is 0 Å². The lowest BCUT2D eigenvalue weighted by Gasteiger charge is -2.34. The van der Waals surface area contributed by atoms with Gasteiger partial charge in [0.2, 0.25) is 0 Å². The predicted octanol–water partition coefficient (Wildman–Crippen LogP) is 1.26. The van der Waals surface area contributed by atoms with Gasteiger partial charge in [0.25, 0.3) is 0 Å². The molecule has 0 amide bonds. The van der Waals surface area contributed by atoms with Gasteiger partial charge in [-0.3, -0.25) is 0 Å². The Morgan fingerprint density at radius 2 is 1.74 bits per heavy atom. The van der Waals surface area contributed by atoms with Gasteiger partial charge in [0, 0.05) is 45.8 Å². The summed E-state index contributed by atoms with van der Waals surface area (Å²) in [6.45, 7) is 7.70. The van der Waals surface area contributed by atoms with E-state index in [1.807, 2.05) is 23.7 Å². The van der Waals surface area contributed by atoms with E-state index in [4.69, 9.17) is 16.5 Å². The first-order valence-corrected chi connectivity index (χ1v) is 12.1. The normalized spacial score (nSPS) is 22.6. The fourth-order valence-electron chi connectivity index (χ4n) is 2.58. The second-order valence-corrected chi connectivity index (χ2v) is 9.15. The summed E-state index contributed by atoms with van der Waals surface area (Å²) < 4.78 is 7.60. The van der Waals surface area contributed by atoms with Crippen molar-refractivity contribution in [3.05, 3.63) is 29.8 Å². The molecule has 130 valence electrons. The number of rotatable bonds is 4. The number of piperazine rings is 2. The topological polar surface area (TPSA) is 48.6 Å². The van der Waals surface area contributed by atoms with Gasteiger partial charge in [-0.1, -0.05) is 23.9 Å². The van der Waals surface area contributed by atoms with Crippen LogP contribution in [0.1, 0.15) is 11.6 Å². The molecule has 0 radical (unpaired) electrons. The highest BCUT2D eigenvalue weighted by atomic mass is 32.9. The van der Waals surface area contributed by atoms with Crippen molar-refractivity contribution in [2.75, 3.05) is 52.9 Å². The van der Waals surface area contributed by atoms with E-state index in [1.165, 1.54) is 5.56 Å². The van der Waals surface area contributed by atoms with Crippen LogP contribution in [0.2, 0.25) is 0 Å². The number of methoxy groups -OCH3 is 1. The van der Waals surface area contributed by atoms with Crippen molar-refractivity contribution in [1.82, 2.24) is 20.3 Å². The Morgan fingerprint density at radius 1 is 1.09 bits per heavy atom. The molecule has 0 saturated carbocycles. The number of hydrogen-bond donors (Lipinski definition) is 3. The summed E-state index contributed by atoms with van der Waals surface area (Å²) in [4.78, 5) is 0. The number of ether oxygens (including phenoxy) is 1. The van der Waals surface area contributed by atoms with Crippen molar-refractivity contribution >= 4 is 29.9 Å². The van der Waals surface area contributed by atoms with Gasteiger partial charge >= 0.3 is 0 Å². The lowest BCUT2D eigenvalue weighted by Crippen LogP contribution is -2.42. The molecule has 23 heavy (non-hydrogen) atoms. The summed E-state index contributed by atoms with van der Waals surface area (Å²) in [5.74, 6) is 0.908. The fraction of sp³-hybridized carbons (Fsp3) is 0.600. The molecule has 2 unspecified atom stereocenters. The molecule has 2 aliphatic rings. The Hall–Kier alpha value is -0.140. The van der Waals surface area contributed by atoms with Gasteiger partial charge in [0.1, 0.15) is 5.75 Å². The van der Waals surface area contributed by atoms with E-state index < -0.39 is 0 Å². The molecule has 2 saturated heterocycles. The Bertz CT molecular complexity index is 448. The molecule has 1 aromatic rings. The van der Waals surface area contributed by atoms with Gasteiger partial charge in [-0.2, -0.15) is 0 Å². The van der Waals surface area contributed by atoms with Crippen molar-refractivity contribution in [3.63, 3.8) is 0 Å². The fourth-order valence-corrected chi connectivity index (χ4v) is 5.31. The van der Waals surface area contributed by atoms with Crippen molar-refractivity contribution in [3.8, 4) is 5.75 Å². The van der Waals surface area contributed by atoms with Crippen LogP contribution in [0.3, 0.4) is 0 Å². The minimum Gasteiger partial charge on any atom is -0.497 e. The Morgan fingerprint density at radius 3 is 2.26 bits per heavy atom. The third-order valence-electron chi connectivity index (χ3n) is 3.83. The Balaban J connectivity index is 0.000000268. The van der Waals surface area contributed by atoms with Crippen LogP contribution in [0, 0.1) is 0 Å². The van der Waals surface area contributed by atoms with Gasteiger partial charge in [-0.05, 0) is 35.8 Å². The third-order valence-corrected chi connectivity index (χ3v) is 6.47. The molecule has 0 aliphatic carbocycles. The van der Waals surface area contributed by atoms with E-state index in [2.05, 4.69) is 32.4 Å². The summed E-state index contributed by atoms with van der Waals surface area (Å²) in [5, 5.41) is 9.88. The first-order chi connectivity index (χ1) is 11.3. The Labute approximate surface area is 149 Å². The van der Waals surface area contributed by atoms with Crippen LogP contribution in [0.25, 0.3) is 0 Å². The van der Waals surface area contributed by atoms with Crippen LogP contribution in [0.4, 0.5) is 0 Å². The molecule has 0 bridgehead atoms. The van der Waals surface area contributed by atoms with E-state index >= 15 is 0 Å². The van der Waals surface area contributed by atoms with Crippen LogP contribution >= 0.6 is 18.1 Å². The molecule has 8 heteroatoms. The first-order valence-electron chi connectivity index (χ1n) is 7.98. The largest absolute Gasteiger partial charge is 0.497 e. The van der Waals surface area contributed by atoms with E-state index in [-0.39, 0.29) is 6.56 Å². The van der Waals surface area contributed by atoms with Gasteiger partial charge < -0.3 is 20.7 Å². The number of hydrogen-bond acceptors (Lipinski definition) is 7. The van der Waals surface area contributed by atoms with Crippen LogP contribution in [0.5, 0.6) is 5.75 Å². The standard InChI is InChI=1S/C11H17N2OPS2.C4H10N2/c1-14-10-4-2-9(3-5-10)11-8-12-6-7-13(11)17-15-16;1-2-6-4-3-5-1/h2-5,11-12H,6-8,15H2,1H3;5-6H,1-4H2. The van der Waals surface area contributed by atoms with Crippen molar-refractivity contribution in [2.45, 2.75) is 6.04 Å². The summed E-state index contributed by atoms with van der Waals surface area (Å²) in [6, 6.07) is 8.75. The maximum Gasteiger partial charge on any atom is 0.118 e. The second kappa shape index (κ2) is 11.4. The molecular formula is C15H27N4OPS2. The molecule has 0 spiro atoms.